The predicted octanol–water partition coefficient (Wildman–Crippen LogP) is -4.85. The number of aliphatic hydroxyl groups is 3. The molecule has 76 valence electrons. The number of carbonyl (C=O) groups is 1. The molecule has 1 aliphatic heterocycles. The molecule has 6 nitrogen and oxygen atoms in total. The predicted molar refractivity (Wildman–Crippen MR) is 39.0 cm³/mol. The van der Waals surface area contributed by atoms with Gasteiger partial charge in [0.2, 0.25) is 0 Å². The van der Waals surface area contributed by atoms with E-state index in [0.717, 1.165) is 0 Å². The van der Waals surface area contributed by atoms with Gasteiger partial charge in [0.25, 0.3) is 0 Å². The van der Waals surface area contributed by atoms with Crippen molar-refractivity contribution in [3.63, 3.8) is 0 Å². The summed E-state index contributed by atoms with van der Waals surface area (Å²) in [6.07, 6.45) is -5.38. The van der Waals surface area contributed by atoms with Gasteiger partial charge in [0, 0.05) is 6.42 Å². The average molecular weight is 230 g/mol. The number of hydrogen-bond donors (Lipinski definition) is 3. The number of ether oxygens (including phenoxy) is 2. The largest absolute Gasteiger partial charge is 1.00 e. The van der Waals surface area contributed by atoms with Crippen molar-refractivity contribution in [2.24, 2.45) is 0 Å². The van der Waals surface area contributed by atoms with Gasteiger partial charge in [-0.3, -0.25) is 4.79 Å². The van der Waals surface area contributed by atoms with Gasteiger partial charge in [0.15, 0.2) is 12.4 Å². The van der Waals surface area contributed by atoms with E-state index < -0.39 is 30.6 Å². The van der Waals surface area contributed by atoms with Crippen LogP contribution in [-0.2, 0) is 14.3 Å². The summed E-state index contributed by atoms with van der Waals surface area (Å²) in [5.41, 5.74) is 0. The van der Waals surface area contributed by atoms with Gasteiger partial charge in [-0.25, -0.2) is 0 Å². The van der Waals surface area contributed by atoms with Crippen LogP contribution in [0.5, 0.6) is 0 Å². The minimum absolute atomic E-state index is 0. The molecule has 0 spiro atoms. The normalized spacial score (nSPS) is 37.1. The van der Waals surface area contributed by atoms with Crippen LogP contribution in [-0.4, -0.2) is 45.9 Å². The Morgan fingerprint density at radius 1 is 1.43 bits per heavy atom. The van der Waals surface area contributed by atoms with Crippen LogP contribution in [0.15, 0.2) is 0 Å². The molecule has 0 aliphatic carbocycles. The van der Waals surface area contributed by atoms with Gasteiger partial charge in [-0.2, -0.15) is 7.11 Å². The van der Waals surface area contributed by atoms with Gasteiger partial charge in [-0.1, -0.05) is 0 Å². The molecule has 0 saturated carbocycles. The van der Waals surface area contributed by atoms with Crippen molar-refractivity contribution in [2.45, 2.75) is 31.0 Å². The summed E-state index contributed by atoms with van der Waals surface area (Å²) in [6, 6.07) is 0. The summed E-state index contributed by atoms with van der Waals surface area (Å²) in [5.74, 6) is -0.926. The van der Waals surface area contributed by atoms with Gasteiger partial charge in [-0.15, -0.1) is 0 Å². The molecule has 1 saturated heterocycles. The fourth-order valence-corrected chi connectivity index (χ4v) is 1.13. The smallest absolute Gasteiger partial charge is 0.638 e. The number of carbonyl (C=O) groups excluding carboxylic acids is 1. The van der Waals surface area contributed by atoms with Gasteiger partial charge >= 0.3 is 57.4 Å². The van der Waals surface area contributed by atoms with Crippen LogP contribution in [0.3, 0.4) is 0 Å². The fourth-order valence-electron chi connectivity index (χ4n) is 1.13. The first-order valence-corrected chi connectivity index (χ1v) is 3.71. The Morgan fingerprint density at radius 2 is 2.00 bits per heavy atom. The van der Waals surface area contributed by atoms with Crippen molar-refractivity contribution in [2.75, 3.05) is 0 Å². The van der Waals surface area contributed by atoms with Crippen LogP contribution < -0.4 is 51.4 Å². The molecule has 1 fully saturated rings. The molecular formula is C7H11KO6. The minimum Gasteiger partial charge on any atom is -0.638 e. The van der Waals surface area contributed by atoms with E-state index in [1.807, 2.05) is 0 Å². The Balaban J connectivity index is 0.00000169. The molecule has 0 aromatic heterocycles. The molecule has 1 aliphatic rings. The molecule has 0 aromatic rings. The molecule has 1 heterocycles. The first-order valence-electron chi connectivity index (χ1n) is 3.71. The van der Waals surface area contributed by atoms with E-state index in [1.165, 1.54) is 0 Å². The summed E-state index contributed by atoms with van der Waals surface area (Å²) in [7, 11) is 2.84. The number of esters is 1. The molecule has 0 radical (unpaired) electrons. The third-order valence-electron chi connectivity index (χ3n) is 1.83. The zero-order valence-corrected chi connectivity index (χ0v) is 10.9. The monoisotopic (exact) mass is 230 g/mol. The van der Waals surface area contributed by atoms with Crippen molar-refractivity contribution < 1.29 is 81.0 Å². The zero-order chi connectivity index (χ0) is 10.0. The molecule has 3 N–H and O–H groups in total. The molecule has 4 atom stereocenters. The summed E-state index contributed by atoms with van der Waals surface area (Å²) in [5, 5.41) is 27.4. The van der Waals surface area contributed by atoms with E-state index in [0.29, 0.717) is 0 Å². The zero-order valence-electron chi connectivity index (χ0n) is 7.79. The van der Waals surface area contributed by atoms with Crippen LogP contribution in [0.4, 0.5) is 0 Å². The van der Waals surface area contributed by atoms with Gasteiger partial charge in [0.1, 0.15) is 6.10 Å². The molecule has 0 aromatic carbocycles. The summed E-state index contributed by atoms with van der Waals surface area (Å²) >= 11 is 0. The van der Waals surface area contributed by atoms with E-state index in [2.05, 4.69) is 16.6 Å². The quantitative estimate of drug-likeness (QED) is 0.237. The summed E-state index contributed by atoms with van der Waals surface area (Å²) in [4.78, 5) is 10.9. The third kappa shape index (κ3) is 3.51. The molecular weight excluding hydrogens is 219 g/mol. The van der Waals surface area contributed by atoms with E-state index in [9.17, 15) is 9.90 Å². The second-order valence-electron chi connectivity index (χ2n) is 2.77. The number of rotatable bonds is 1. The third-order valence-corrected chi connectivity index (χ3v) is 1.83. The van der Waals surface area contributed by atoms with Crippen molar-refractivity contribution in [3.05, 3.63) is 7.11 Å². The average Bonchev–Trinajstić information content (AvgIpc) is 2.10. The fraction of sp³-hybridized carbons (Fsp3) is 0.714. The van der Waals surface area contributed by atoms with Crippen LogP contribution in [0.1, 0.15) is 6.42 Å². The minimum atomic E-state index is -1.39. The molecule has 0 bridgehead atoms. The first kappa shape index (κ1) is 14.9. The Labute approximate surface area is 124 Å². The Morgan fingerprint density at radius 3 is 2.50 bits per heavy atom. The molecule has 1 rings (SSSR count). The van der Waals surface area contributed by atoms with Crippen molar-refractivity contribution in [1.82, 2.24) is 0 Å². The van der Waals surface area contributed by atoms with Gasteiger partial charge in [-0.05, 0) is 0 Å². The van der Waals surface area contributed by atoms with Crippen molar-refractivity contribution >= 4 is 5.97 Å². The second-order valence-corrected chi connectivity index (χ2v) is 2.77. The van der Waals surface area contributed by atoms with Crippen LogP contribution in [0, 0.1) is 7.11 Å². The first-order chi connectivity index (χ1) is 6.06. The van der Waals surface area contributed by atoms with Crippen molar-refractivity contribution in [1.29, 1.82) is 0 Å². The van der Waals surface area contributed by atoms with E-state index >= 15 is 0 Å². The second kappa shape index (κ2) is 6.51. The topological polar surface area (TPSA) is 96.2 Å². The van der Waals surface area contributed by atoms with Gasteiger partial charge in [0.05, 0.1) is 6.10 Å². The molecule has 0 amide bonds. The van der Waals surface area contributed by atoms with E-state index in [4.69, 9.17) is 10.2 Å². The molecule has 7 heteroatoms. The van der Waals surface area contributed by atoms with Crippen LogP contribution in [0.2, 0.25) is 0 Å². The Hall–Kier alpha value is 0.946. The summed E-state index contributed by atoms with van der Waals surface area (Å²) in [6.45, 7) is 0. The molecule has 2 unspecified atom stereocenters. The summed E-state index contributed by atoms with van der Waals surface area (Å²) < 4.78 is 8.71. The standard InChI is InChI=1S/C7H11O6.K/c1-12-7(11)6-5(10)3(8)2-4(9)13-6;/h3-6,8-10H,1-2H2;/q-1;+1/t3?,4-,5-,6?;/m0./s1. The van der Waals surface area contributed by atoms with Crippen molar-refractivity contribution in [3.8, 4) is 0 Å². The van der Waals surface area contributed by atoms with E-state index in [-0.39, 0.29) is 57.8 Å². The maximum absolute atomic E-state index is 10.9. The Kier molecular flexibility index (Phi) is 6.95. The van der Waals surface area contributed by atoms with Crippen LogP contribution in [0.25, 0.3) is 0 Å². The number of aliphatic hydroxyl groups excluding tert-OH is 3. The molecule has 14 heavy (non-hydrogen) atoms. The Bertz CT molecular complexity index is 199. The van der Waals surface area contributed by atoms with Gasteiger partial charge < -0.3 is 24.8 Å². The van der Waals surface area contributed by atoms with E-state index in [1.54, 1.807) is 0 Å². The maximum atomic E-state index is 10.9. The maximum Gasteiger partial charge on any atom is 1.00 e. The SMILES string of the molecule is [CH2-]OC(=O)C1O[C@H](O)CC(O)[C@@H]1O.[K+]. The number of hydrogen-bond acceptors (Lipinski definition) is 6. The van der Waals surface area contributed by atoms with Crippen LogP contribution >= 0.6 is 0 Å².